The van der Waals surface area contributed by atoms with Gasteiger partial charge in [-0.25, -0.2) is 5.43 Å². The number of benzene rings is 2. The van der Waals surface area contributed by atoms with Crippen LogP contribution in [0.25, 0.3) is 0 Å². The number of methoxy groups -OCH3 is 1. The summed E-state index contributed by atoms with van der Waals surface area (Å²) in [5.74, 6) is 0.355. The van der Waals surface area contributed by atoms with Crippen LogP contribution in [0.5, 0.6) is 11.5 Å². The Labute approximate surface area is 133 Å². The Hall–Kier alpha value is -2.53. The SMILES string of the molecule is COc1ccc(C(=O)N/N=C(\C)c2cc(Cl)ccc2O)cc1. The van der Waals surface area contributed by atoms with Gasteiger partial charge in [-0.3, -0.25) is 4.79 Å². The summed E-state index contributed by atoms with van der Waals surface area (Å²) in [5, 5.41) is 14.2. The van der Waals surface area contributed by atoms with Crippen LogP contribution >= 0.6 is 11.6 Å². The van der Waals surface area contributed by atoms with Gasteiger partial charge >= 0.3 is 0 Å². The number of phenols is 1. The molecule has 114 valence electrons. The number of rotatable bonds is 4. The minimum absolute atomic E-state index is 0.0457. The Morgan fingerprint density at radius 3 is 2.55 bits per heavy atom. The number of halogens is 1. The molecule has 0 heterocycles. The van der Waals surface area contributed by atoms with E-state index in [0.29, 0.717) is 27.6 Å². The molecule has 0 spiro atoms. The summed E-state index contributed by atoms with van der Waals surface area (Å²) < 4.78 is 5.03. The van der Waals surface area contributed by atoms with Crippen LogP contribution in [0.3, 0.4) is 0 Å². The average molecular weight is 319 g/mol. The van der Waals surface area contributed by atoms with E-state index in [4.69, 9.17) is 16.3 Å². The first-order valence-corrected chi connectivity index (χ1v) is 6.86. The number of ether oxygens (including phenoxy) is 1. The Morgan fingerprint density at radius 1 is 1.23 bits per heavy atom. The van der Waals surface area contributed by atoms with Gasteiger partial charge in [0, 0.05) is 16.1 Å². The highest BCUT2D eigenvalue weighted by Crippen LogP contribution is 2.22. The molecule has 0 aromatic heterocycles. The van der Waals surface area contributed by atoms with Gasteiger partial charge in [0.25, 0.3) is 5.91 Å². The first-order chi connectivity index (χ1) is 10.5. The van der Waals surface area contributed by atoms with E-state index in [1.807, 2.05) is 0 Å². The number of hydrazone groups is 1. The zero-order valence-electron chi connectivity index (χ0n) is 12.1. The van der Waals surface area contributed by atoms with Gasteiger partial charge in [-0.15, -0.1) is 0 Å². The van der Waals surface area contributed by atoms with Crippen molar-refractivity contribution < 1.29 is 14.6 Å². The maximum absolute atomic E-state index is 12.0. The van der Waals surface area contributed by atoms with Crippen LogP contribution in [0.15, 0.2) is 47.6 Å². The molecule has 2 aromatic carbocycles. The van der Waals surface area contributed by atoms with Gasteiger partial charge in [-0.1, -0.05) is 11.6 Å². The van der Waals surface area contributed by atoms with E-state index < -0.39 is 0 Å². The number of aromatic hydroxyl groups is 1. The highest BCUT2D eigenvalue weighted by molar-refractivity contribution is 6.31. The predicted molar refractivity (Wildman–Crippen MR) is 85.8 cm³/mol. The fraction of sp³-hybridized carbons (Fsp3) is 0.125. The lowest BCUT2D eigenvalue weighted by Gasteiger charge is -2.06. The second-order valence-corrected chi connectivity index (χ2v) is 4.96. The van der Waals surface area contributed by atoms with Crippen molar-refractivity contribution in [2.75, 3.05) is 7.11 Å². The Balaban J connectivity index is 2.12. The number of hydrogen-bond acceptors (Lipinski definition) is 4. The number of phenolic OH excluding ortho intramolecular Hbond substituents is 1. The van der Waals surface area contributed by atoms with E-state index >= 15 is 0 Å². The fourth-order valence-electron chi connectivity index (χ4n) is 1.80. The number of carbonyl (C=O) groups is 1. The molecular weight excluding hydrogens is 304 g/mol. The highest BCUT2D eigenvalue weighted by Gasteiger charge is 2.08. The first-order valence-electron chi connectivity index (χ1n) is 6.49. The first kappa shape index (κ1) is 15.9. The zero-order chi connectivity index (χ0) is 16.1. The number of hydrogen-bond donors (Lipinski definition) is 2. The third-order valence-corrected chi connectivity index (χ3v) is 3.26. The van der Waals surface area contributed by atoms with Crippen molar-refractivity contribution in [1.82, 2.24) is 5.43 Å². The Morgan fingerprint density at radius 2 is 1.91 bits per heavy atom. The standard InChI is InChI=1S/C16H15ClN2O3/c1-10(14-9-12(17)5-8-15(14)20)18-19-16(21)11-3-6-13(22-2)7-4-11/h3-9,20H,1-2H3,(H,19,21)/b18-10+. The van der Waals surface area contributed by atoms with Crippen LogP contribution in [-0.4, -0.2) is 23.8 Å². The van der Waals surface area contributed by atoms with Crippen molar-refractivity contribution in [2.24, 2.45) is 5.10 Å². The van der Waals surface area contributed by atoms with Crippen molar-refractivity contribution in [1.29, 1.82) is 0 Å². The molecule has 2 aromatic rings. The summed E-state index contributed by atoms with van der Waals surface area (Å²) in [7, 11) is 1.56. The zero-order valence-corrected chi connectivity index (χ0v) is 12.9. The van der Waals surface area contributed by atoms with Gasteiger partial charge in [0.1, 0.15) is 11.5 Å². The molecule has 1 amide bonds. The topological polar surface area (TPSA) is 70.9 Å². The molecule has 0 unspecified atom stereocenters. The van der Waals surface area contributed by atoms with E-state index in [1.165, 1.54) is 6.07 Å². The molecular formula is C16H15ClN2O3. The molecule has 0 radical (unpaired) electrons. The molecule has 0 bridgehead atoms. The predicted octanol–water partition coefficient (Wildman–Crippen LogP) is 3.21. The van der Waals surface area contributed by atoms with E-state index in [1.54, 1.807) is 50.4 Å². The van der Waals surface area contributed by atoms with Gasteiger partial charge < -0.3 is 9.84 Å². The lowest BCUT2D eigenvalue weighted by atomic mass is 10.1. The third kappa shape index (κ3) is 3.77. The summed E-state index contributed by atoms with van der Waals surface area (Å²) in [4.78, 5) is 12.0. The third-order valence-electron chi connectivity index (χ3n) is 3.03. The number of carbonyl (C=O) groups excluding carboxylic acids is 1. The Bertz CT molecular complexity index is 712. The lowest BCUT2D eigenvalue weighted by molar-refractivity contribution is 0.0955. The van der Waals surface area contributed by atoms with Gasteiger partial charge in [0.2, 0.25) is 0 Å². The highest BCUT2D eigenvalue weighted by atomic mass is 35.5. The van der Waals surface area contributed by atoms with Crippen LogP contribution in [0.2, 0.25) is 5.02 Å². The molecule has 0 saturated heterocycles. The average Bonchev–Trinajstić information content (AvgIpc) is 2.54. The lowest BCUT2D eigenvalue weighted by Crippen LogP contribution is -2.19. The maximum Gasteiger partial charge on any atom is 0.271 e. The van der Waals surface area contributed by atoms with Crippen molar-refractivity contribution in [3.8, 4) is 11.5 Å². The molecule has 22 heavy (non-hydrogen) atoms. The summed E-state index contributed by atoms with van der Waals surface area (Å²) in [6.07, 6.45) is 0. The minimum Gasteiger partial charge on any atom is -0.507 e. The van der Waals surface area contributed by atoms with Crippen molar-refractivity contribution >= 4 is 23.2 Å². The van der Waals surface area contributed by atoms with Crippen LogP contribution in [-0.2, 0) is 0 Å². The monoisotopic (exact) mass is 318 g/mol. The summed E-state index contributed by atoms with van der Waals surface area (Å²) in [6.45, 7) is 1.67. The molecule has 0 atom stereocenters. The molecule has 0 fully saturated rings. The van der Waals surface area contributed by atoms with Crippen molar-refractivity contribution in [2.45, 2.75) is 6.92 Å². The van der Waals surface area contributed by atoms with E-state index in [9.17, 15) is 9.90 Å². The number of nitrogens with zero attached hydrogens (tertiary/aromatic N) is 1. The molecule has 5 nitrogen and oxygen atoms in total. The number of amides is 1. The van der Waals surface area contributed by atoms with Crippen LogP contribution in [0, 0.1) is 0 Å². The maximum atomic E-state index is 12.0. The summed E-state index contributed by atoms with van der Waals surface area (Å²) in [6, 6.07) is 11.3. The summed E-state index contributed by atoms with van der Waals surface area (Å²) in [5.41, 5.74) is 3.79. The van der Waals surface area contributed by atoms with E-state index in [0.717, 1.165) is 0 Å². The minimum atomic E-state index is -0.358. The number of nitrogens with one attached hydrogen (secondary N) is 1. The fourth-order valence-corrected chi connectivity index (χ4v) is 1.97. The molecule has 6 heteroatoms. The second-order valence-electron chi connectivity index (χ2n) is 4.53. The molecule has 0 aliphatic carbocycles. The molecule has 0 aliphatic heterocycles. The molecule has 2 rings (SSSR count). The van der Waals surface area contributed by atoms with Crippen LogP contribution in [0.4, 0.5) is 0 Å². The Kier molecular flexibility index (Phi) is 5.01. The normalized spacial score (nSPS) is 11.1. The molecule has 0 saturated carbocycles. The van der Waals surface area contributed by atoms with E-state index in [2.05, 4.69) is 10.5 Å². The largest absolute Gasteiger partial charge is 0.507 e. The van der Waals surface area contributed by atoms with Crippen LogP contribution in [0.1, 0.15) is 22.8 Å². The van der Waals surface area contributed by atoms with Crippen LogP contribution < -0.4 is 10.2 Å². The summed E-state index contributed by atoms with van der Waals surface area (Å²) >= 11 is 5.88. The van der Waals surface area contributed by atoms with Gasteiger partial charge in [-0.2, -0.15) is 5.10 Å². The molecule has 0 aliphatic rings. The van der Waals surface area contributed by atoms with Crippen molar-refractivity contribution in [3.05, 3.63) is 58.6 Å². The van der Waals surface area contributed by atoms with Gasteiger partial charge in [0.05, 0.1) is 12.8 Å². The van der Waals surface area contributed by atoms with E-state index in [-0.39, 0.29) is 11.7 Å². The van der Waals surface area contributed by atoms with Gasteiger partial charge in [0.15, 0.2) is 0 Å². The second kappa shape index (κ2) is 6.95. The molecule has 2 N–H and O–H groups in total. The quantitative estimate of drug-likeness (QED) is 0.671. The smallest absolute Gasteiger partial charge is 0.271 e. The van der Waals surface area contributed by atoms with Gasteiger partial charge in [-0.05, 0) is 49.4 Å². The van der Waals surface area contributed by atoms with Crippen molar-refractivity contribution in [3.63, 3.8) is 0 Å².